The van der Waals surface area contributed by atoms with E-state index in [9.17, 15) is 9.59 Å². The van der Waals surface area contributed by atoms with Crippen LogP contribution in [-0.4, -0.2) is 20.1 Å². The molecule has 6 nitrogen and oxygen atoms in total. The second kappa shape index (κ2) is 6.76. The number of ether oxygens (including phenoxy) is 1. The number of rotatable bonds is 5. The lowest BCUT2D eigenvalue weighted by molar-refractivity contribution is -0.145. The smallest absolute Gasteiger partial charge is 0.329 e. The molecule has 0 atom stereocenters. The fraction of sp³-hybridized carbons (Fsp3) is 0.211. The first-order valence-electron chi connectivity index (χ1n) is 8.35. The maximum atomic E-state index is 12.6. The van der Waals surface area contributed by atoms with Crippen molar-refractivity contribution < 1.29 is 9.53 Å². The average Bonchev–Trinajstić information content (AvgIpc) is 3.19. The second-order valence-corrected chi connectivity index (χ2v) is 6.95. The van der Waals surface area contributed by atoms with Gasteiger partial charge in [-0.15, -0.1) is 11.3 Å². The number of benzene rings is 2. The minimum absolute atomic E-state index is 0.110. The van der Waals surface area contributed by atoms with Gasteiger partial charge in [0.1, 0.15) is 18.2 Å². The molecular weight excluding hydrogens is 350 g/mol. The van der Waals surface area contributed by atoms with Crippen LogP contribution in [0.4, 0.5) is 0 Å². The lowest BCUT2D eigenvalue weighted by Crippen LogP contribution is -2.27. The molecule has 4 aromatic rings. The molecule has 2 aromatic heterocycles. The van der Waals surface area contributed by atoms with Gasteiger partial charge in [-0.1, -0.05) is 24.3 Å². The van der Waals surface area contributed by atoms with Gasteiger partial charge >= 0.3 is 11.7 Å². The van der Waals surface area contributed by atoms with Crippen LogP contribution in [0, 0.1) is 0 Å². The summed E-state index contributed by atoms with van der Waals surface area (Å²) in [6.45, 7) is 2.45. The summed E-state index contributed by atoms with van der Waals surface area (Å²) in [5, 5.41) is 0.739. The van der Waals surface area contributed by atoms with Crippen LogP contribution in [0.5, 0.6) is 0 Å². The topological polar surface area (TPSA) is 66.1 Å². The van der Waals surface area contributed by atoms with Crippen LogP contribution in [0.1, 0.15) is 11.9 Å². The summed E-state index contributed by atoms with van der Waals surface area (Å²) < 4.78 is 9.51. The zero-order valence-electron chi connectivity index (χ0n) is 14.2. The summed E-state index contributed by atoms with van der Waals surface area (Å²) >= 11 is 1.50. The van der Waals surface area contributed by atoms with Crippen molar-refractivity contribution in [2.45, 2.75) is 26.6 Å². The van der Waals surface area contributed by atoms with Gasteiger partial charge in [0.05, 0.1) is 21.3 Å². The quantitative estimate of drug-likeness (QED) is 0.508. The van der Waals surface area contributed by atoms with E-state index >= 15 is 0 Å². The van der Waals surface area contributed by atoms with E-state index < -0.39 is 5.97 Å². The van der Waals surface area contributed by atoms with E-state index in [0.717, 1.165) is 26.3 Å². The van der Waals surface area contributed by atoms with Crippen LogP contribution in [0.15, 0.2) is 53.3 Å². The van der Waals surface area contributed by atoms with E-state index in [4.69, 9.17) is 4.74 Å². The number of fused-ring (bicyclic) bond motifs is 2. The van der Waals surface area contributed by atoms with E-state index in [1.807, 2.05) is 55.5 Å². The van der Waals surface area contributed by atoms with Gasteiger partial charge in [-0.3, -0.25) is 13.9 Å². The van der Waals surface area contributed by atoms with Gasteiger partial charge in [0.25, 0.3) is 0 Å². The number of thiazole rings is 1. The molecule has 132 valence electrons. The van der Waals surface area contributed by atoms with E-state index in [0.29, 0.717) is 6.54 Å². The van der Waals surface area contributed by atoms with Crippen LogP contribution in [0.25, 0.3) is 21.3 Å². The predicted molar refractivity (Wildman–Crippen MR) is 101 cm³/mol. The summed E-state index contributed by atoms with van der Waals surface area (Å²) in [6, 6.07) is 15.2. The van der Waals surface area contributed by atoms with Crippen molar-refractivity contribution in [1.82, 2.24) is 14.1 Å². The van der Waals surface area contributed by atoms with Crippen molar-refractivity contribution in [3.8, 4) is 0 Å². The number of para-hydroxylation sites is 3. The maximum Gasteiger partial charge on any atom is 0.329 e. The van der Waals surface area contributed by atoms with Crippen molar-refractivity contribution in [2.24, 2.45) is 0 Å². The van der Waals surface area contributed by atoms with Crippen molar-refractivity contribution in [3.63, 3.8) is 0 Å². The molecule has 0 aliphatic carbocycles. The molecule has 26 heavy (non-hydrogen) atoms. The van der Waals surface area contributed by atoms with Crippen LogP contribution in [0.2, 0.25) is 0 Å². The van der Waals surface area contributed by atoms with E-state index in [1.54, 1.807) is 4.57 Å². The molecule has 0 spiro atoms. The Morgan fingerprint density at radius 3 is 2.50 bits per heavy atom. The number of nitrogens with zero attached hydrogens (tertiary/aromatic N) is 3. The Balaban J connectivity index is 1.52. The summed E-state index contributed by atoms with van der Waals surface area (Å²) in [5.74, 6) is -0.453. The molecule has 7 heteroatoms. The highest BCUT2D eigenvalue weighted by atomic mass is 32.1. The summed E-state index contributed by atoms with van der Waals surface area (Å²) in [5.41, 5.74) is 2.24. The third kappa shape index (κ3) is 2.90. The monoisotopic (exact) mass is 367 g/mol. The van der Waals surface area contributed by atoms with Gasteiger partial charge in [0.2, 0.25) is 0 Å². The highest BCUT2D eigenvalue weighted by Gasteiger charge is 2.15. The van der Waals surface area contributed by atoms with Crippen LogP contribution < -0.4 is 5.69 Å². The zero-order chi connectivity index (χ0) is 18.1. The second-order valence-electron chi connectivity index (χ2n) is 5.84. The van der Waals surface area contributed by atoms with Crippen molar-refractivity contribution in [1.29, 1.82) is 0 Å². The fourth-order valence-corrected chi connectivity index (χ4v) is 3.91. The van der Waals surface area contributed by atoms with Gasteiger partial charge in [-0.25, -0.2) is 9.78 Å². The Morgan fingerprint density at radius 2 is 1.77 bits per heavy atom. The molecule has 0 N–H and O–H groups in total. The molecule has 0 aliphatic rings. The van der Waals surface area contributed by atoms with Crippen molar-refractivity contribution >= 4 is 38.6 Å². The van der Waals surface area contributed by atoms with E-state index in [-0.39, 0.29) is 18.8 Å². The number of aryl methyl sites for hydroxylation is 1. The zero-order valence-corrected chi connectivity index (χ0v) is 15.0. The molecule has 2 heterocycles. The molecule has 0 unspecified atom stereocenters. The Kier molecular flexibility index (Phi) is 4.30. The summed E-state index contributed by atoms with van der Waals surface area (Å²) in [6.07, 6.45) is 0. The molecule has 0 bridgehead atoms. The van der Waals surface area contributed by atoms with Gasteiger partial charge in [-0.05, 0) is 31.2 Å². The number of carbonyl (C=O) groups excluding carboxylic acids is 1. The van der Waals surface area contributed by atoms with Gasteiger partial charge in [-0.2, -0.15) is 0 Å². The number of aromatic nitrogens is 3. The van der Waals surface area contributed by atoms with Crippen molar-refractivity contribution in [2.75, 3.05) is 0 Å². The largest absolute Gasteiger partial charge is 0.457 e. The third-order valence-electron chi connectivity index (χ3n) is 4.22. The summed E-state index contributed by atoms with van der Waals surface area (Å²) in [7, 11) is 0. The number of esters is 1. The number of hydrogen-bond donors (Lipinski definition) is 0. The van der Waals surface area contributed by atoms with E-state index in [1.165, 1.54) is 15.9 Å². The highest BCUT2D eigenvalue weighted by Crippen LogP contribution is 2.22. The lowest BCUT2D eigenvalue weighted by atomic mass is 10.3. The average molecular weight is 367 g/mol. The standard InChI is InChI=1S/C19H17N3O3S/c1-2-21-14-8-4-5-9-15(14)22(19(21)24)11-18(23)25-12-17-20-13-7-3-6-10-16(13)26-17/h3-10H,2,11-12H2,1H3. The molecule has 0 saturated heterocycles. The minimum atomic E-state index is -0.453. The molecule has 0 amide bonds. The summed E-state index contributed by atoms with van der Waals surface area (Å²) in [4.78, 5) is 29.3. The van der Waals surface area contributed by atoms with Gasteiger partial charge in [0.15, 0.2) is 0 Å². The number of carbonyl (C=O) groups is 1. The number of imidazole rings is 1. The predicted octanol–water partition coefficient (Wildman–Crippen LogP) is 3.18. The molecule has 0 fully saturated rings. The normalized spacial score (nSPS) is 11.3. The van der Waals surface area contributed by atoms with Gasteiger partial charge < -0.3 is 4.74 Å². The Labute approximate surface area is 153 Å². The molecule has 0 saturated carbocycles. The first-order chi connectivity index (χ1) is 12.7. The van der Waals surface area contributed by atoms with E-state index in [2.05, 4.69) is 4.98 Å². The van der Waals surface area contributed by atoms with Crippen LogP contribution in [-0.2, 0) is 29.2 Å². The Bertz CT molecular complexity index is 1120. The number of hydrogen-bond acceptors (Lipinski definition) is 5. The van der Waals surface area contributed by atoms with Crippen LogP contribution >= 0.6 is 11.3 Å². The fourth-order valence-electron chi connectivity index (χ4n) is 3.03. The molecule has 4 rings (SSSR count). The SMILES string of the molecule is CCn1c(=O)n(CC(=O)OCc2nc3ccccc3s2)c2ccccc21. The molecular formula is C19H17N3O3S. The van der Waals surface area contributed by atoms with Crippen LogP contribution in [0.3, 0.4) is 0 Å². The molecule has 0 aliphatic heterocycles. The lowest BCUT2D eigenvalue weighted by Gasteiger charge is -2.04. The maximum absolute atomic E-state index is 12.6. The Morgan fingerprint density at radius 1 is 1.08 bits per heavy atom. The minimum Gasteiger partial charge on any atom is -0.457 e. The molecule has 0 radical (unpaired) electrons. The Hall–Kier alpha value is -2.93. The van der Waals surface area contributed by atoms with Crippen molar-refractivity contribution in [3.05, 3.63) is 64.0 Å². The highest BCUT2D eigenvalue weighted by molar-refractivity contribution is 7.18. The first kappa shape index (κ1) is 16.5. The van der Waals surface area contributed by atoms with Gasteiger partial charge in [0, 0.05) is 6.54 Å². The molecule has 2 aromatic carbocycles. The third-order valence-corrected chi connectivity index (χ3v) is 5.23. The first-order valence-corrected chi connectivity index (χ1v) is 9.17.